The summed E-state index contributed by atoms with van der Waals surface area (Å²) in [4.78, 5) is 25.8. The van der Waals surface area contributed by atoms with Crippen molar-refractivity contribution in [3.63, 3.8) is 0 Å². The van der Waals surface area contributed by atoms with Crippen molar-refractivity contribution < 1.29 is 9.59 Å². The molecule has 4 aromatic rings. The van der Waals surface area contributed by atoms with Gasteiger partial charge >= 0.3 is 0 Å². The molecule has 0 heterocycles. The summed E-state index contributed by atoms with van der Waals surface area (Å²) < 4.78 is 0. The van der Waals surface area contributed by atoms with Gasteiger partial charge in [0.05, 0.1) is 11.3 Å². The first-order valence-corrected chi connectivity index (χ1v) is 12.5. The molecule has 0 atom stereocenters. The summed E-state index contributed by atoms with van der Waals surface area (Å²) >= 11 is 0. The highest BCUT2D eigenvalue weighted by Gasteiger charge is 2.22. The summed E-state index contributed by atoms with van der Waals surface area (Å²) in [7, 11) is 0. The Morgan fingerprint density at radius 3 is 1.62 bits per heavy atom. The van der Waals surface area contributed by atoms with E-state index in [4.69, 9.17) is 0 Å². The maximum Gasteiger partial charge on any atom is 0.196 e. The lowest BCUT2D eigenvalue weighted by Gasteiger charge is -2.22. The lowest BCUT2D eigenvalue weighted by Crippen LogP contribution is -2.12. The fourth-order valence-electron chi connectivity index (χ4n) is 5.21. The number of ketones is 1. The van der Waals surface area contributed by atoms with Crippen molar-refractivity contribution in [3.05, 3.63) is 116 Å². The van der Waals surface area contributed by atoms with Crippen molar-refractivity contribution in [2.75, 3.05) is 10.6 Å². The maximum absolute atomic E-state index is 14.0. The summed E-state index contributed by atoms with van der Waals surface area (Å²) in [6.07, 6.45) is 0.741. The Hall–Kier alpha value is -4.18. The minimum Gasteiger partial charge on any atom is -0.355 e. The minimum atomic E-state index is -0.189. The van der Waals surface area contributed by atoms with Crippen LogP contribution in [0.5, 0.6) is 0 Å². The molecule has 0 saturated heterocycles. The molecule has 37 heavy (non-hydrogen) atoms. The summed E-state index contributed by atoms with van der Waals surface area (Å²) in [6.45, 7) is 14.4. The molecule has 0 amide bonds. The number of hydrogen-bond acceptors (Lipinski definition) is 4. The first kappa shape index (κ1) is 25.9. The van der Waals surface area contributed by atoms with E-state index in [-0.39, 0.29) is 5.78 Å². The van der Waals surface area contributed by atoms with E-state index < -0.39 is 0 Å². The van der Waals surface area contributed by atoms with Crippen molar-refractivity contribution in [1.82, 2.24) is 0 Å². The third-order valence-corrected chi connectivity index (χ3v) is 6.90. The van der Waals surface area contributed by atoms with Gasteiger partial charge in [-0.3, -0.25) is 9.59 Å². The normalized spacial score (nSPS) is 10.8. The van der Waals surface area contributed by atoms with Crippen LogP contribution in [0.25, 0.3) is 0 Å². The van der Waals surface area contributed by atoms with Crippen molar-refractivity contribution in [2.24, 2.45) is 0 Å². The van der Waals surface area contributed by atoms with Gasteiger partial charge in [0.2, 0.25) is 0 Å². The van der Waals surface area contributed by atoms with Crippen molar-refractivity contribution >= 4 is 34.8 Å². The number of hydrogen-bond donors (Lipinski definition) is 2. The lowest BCUT2D eigenvalue weighted by molar-refractivity contribution is 0.103. The lowest BCUT2D eigenvalue weighted by atomic mass is 9.92. The number of aldehydes is 1. The van der Waals surface area contributed by atoms with Crippen LogP contribution in [0.4, 0.5) is 22.7 Å². The van der Waals surface area contributed by atoms with E-state index in [1.165, 1.54) is 11.1 Å². The van der Waals surface area contributed by atoms with Crippen LogP contribution in [0, 0.1) is 48.5 Å². The molecular weight excluding hydrogens is 456 g/mol. The second kappa shape index (κ2) is 10.4. The van der Waals surface area contributed by atoms with E-state index in [9.17, 15) is 9.59 Å². The molecule has 188 valence electrons. The molecule has 4 rings (SSSR count). The first-order chi connectivity index (χ1) is 17.6. The number of nitrogens with one attached hydrogen (secondary N) is 2. The zero-order valence-electron chi connectivity index (χ0n) is 22.7. The third-order valence-electron chi connectivity index (χ3n) is 6.90. The Morgan fingerprint density at radius 2 is 1.11 bits per heavy atom. The van der Waals surface area contributed by atoms with E-state index in [2.05, 4.69) is 76.4 Å². The Kier molecular flexibility index (Phi) is 7.30. The van der Waals surface area contributed by atoms with E-state index >= 15 is 0 Å². The Balaban J connectivity index is 1.89. The smallest absolute Gasteiger partial charge is 0.196 e. The van der Waals surface area contributed by atoms with Gasteiger partial charge in [-0.2, -0.15) is 0 Å². The fraction of sp³-hybridized carbons (Fsp3) is 0.212. The monoisotopic (exact) mass is 490 g/mol. The van der Waals surface area contributed by atoms with Gasteiger partial charge in [-0.1, -0.05) is 59.7 Å². The molecule has 0 unspecified atom stereocenters. The molecule has 4 heteroatoms. The average molecular weight is 491 g/mol. The van der Waals surface area contributed by atoms with Crippen LogP contribution in [0.3, 0.4) is 0 Å². The Labute approximate surface area is 219 Å². The van der Waals surface area contributed by atoms with Crippen LogP contribution in [-0.4, -0.2) is 12.1 Å². The minimum absolute atomic E-state index is 0.189. The molecule has 0 spiro atoms. The van der Waals surface area contributed by atoms with Crippen LogP contribution in [0.2, 0.25) is 0 Å². The molecule has 0 aromatic heterocycles. The zero-order chi connectivity index (χ0) is 26.9. The highest BCUT2D eigenvalue weighted by molar-refractivity contribution is 6.17. The van der Waals surface area contributed by atoms with Gasteiger partial charge in [0.15, 0.2) is 12.1 Å². The van der Waals surface area contributed by atoms with E-state index in [0.717, 1.165) is 51.2 Å². The third kappa shape index (κ3) is 5.19. The average Bonchev–Trinajstić information content (AvgIpc) is 2.84. The van der Waals surface area contributed by atoms with Gasteiger partial charge in [0, 0.05) is 28.2 Å². The summed E-state index contributed by atoms with van der Waals surface area (Å²) in [5, 5.41) is 7.13. The molecule has 2 N–H and O–H groups in total. The van der Waals surface area contributed by atoms with Crippen molar-refractivity contribution in [2.45, 2.75) is 48.5 Å². The van der Waals surface area contributed by atoms with Crippen LogP contribution >= 0.6 is 0 Å². The number of anilines is 4. The van der Waals surface area contributed by atoms with Gasteiger partial charge in [-0.15, -0.1) is 0 Å². The zero-order valence-corrected chi connectivity index (χ0v) is 22.7. The Morgan fingerprint density at radius 1 is 0.649 bits per heavy atom. The van der Waals surface area contributed by atoms with Gasteiger partial charge in [0.25, 0.3) is 0 Å². The van der Waals surface area contributed by atoms with Gasteiger partial charge in [0.1, 0.15) is 0 Å². The largest absolute Gasteiger partial charge is 0.355 e. The molecule has 0 radical (unpaired) electrons. The van der Waals surface area contributed by atoms with Crippen LogP contribution in [0.1, 0.15) is 65.2 Å². The predicted molar refractivity (Wildman–Crippen MR) is 154 cm³/mol. The van der Waals surface area contributed by atoms with Gasteiger partial charge in [-0.25, -0.2) is 0 Å². The molecule has 4 nitrogen and oxygen atoms in total. The number of carbonyl (C=O) groups is 2. The fourth-order valence-corrected chi connectivity index (χ4v) is 5.21. The highest BCUT2D eigenvalue weighted by Crippen LogP contribution is 2.36. The number of carbonyl (C=O) groups excluding carboxylic acids is 2. The van der Waals surface area contributed by atoms with Crippen LogP contribution < -0.4 is 10.6 Å². The summed E-state index contributed by atoms with van der Waals surface area (Å²) in [6, 6.07) is 19.5. The van der Waals surface area contributed by atoms with E-state index in [1.54, 1.807) is 24.3 Å². The molecule has 0 aliphatic rings. The molecule has 0 fully saturated rings. The SMILES string of the molecule is Cc1cc(C)c(Nc2ccc(Nc3c(C)cc(C)cc3C)c(C(=O)c3ccccc3C=O)c2C)c(C)c1. The molecule has 0 aliphatic heterocycles. The standard InChI is InChI=1S/C33H34N2O2/c1-19-14-21(3)31(22(4)15-19)34-28-12-13-29(35-32-23(5)16-20(2)17-24(32)6)30(25(28)7)33(37)27-11-9-8-10-26(27)18-36/h8-18,34-35H,1-7H3. The highest BCUT2D eigenvalue weighted by atomic mass is 16.1. The first-order valence-electron chi connectivity index (χ1n) is 12.5. The summed E-state index contributed by atoms with van der Waals surface area (Å²) in [5.41, 5.74) is 12.6. The number of rotatable bonds is 7. The molecule has 0 saturated carbocycles. The van der Waals surface area contributed by atoms with Gasteiger partial charge in [-0.05, 0) is 88.4 Å². The number of benzene rings is 4. The molecule has 0 bridgehead atoms. The molecular formula is C33H34N2O2. The quantitative estimate of drug-likeness (QED) is 0.202. The summed E-state index contributed by atoms with van der Waals surface area (Å²) in [5.74, 6) is -0.189. The topological polar surface area (TPSA) is 58.2 Å². The van der Waals surface area contributed by atoms with E-state index in [0.29, 0.717) is 22.4 Å². The van der Waals surface area contributed by atoms with Crippen LogP contribution in [0.15, 0.2) is 60.7 Å². The van der Waals surface area contributed by atoms with E-state index in [1.807, 2.05) is 19.1 Å². The van der Waals surface area contributed by atoms with Crippen LogP contribution in [-0.2, 0) is 0 Å². The maximum atomic E-state index is 14.0. The van der Waals surface area contributed by atoms with Crippen molar-refractivity contribution in [3.8, 4) is 0 Å². The second-order valence-electron chi connectivity index (χ2n) is 9.99. The molecule has 0 aliphatic carbocycles. The van der Waals surface area contributed by atoms with Gasteiger partial charge < -0.3 is 10.6 Å². The van der Waals surface area contributed by atoms with Crippen molar-refractivity contribution in [1.29, 1.82) is 0 Å². The predicted octanol–water partition coefficient (Wildman–Crippen LogP) is 8.38. The Bertz CT molecular complexity index is 1490. The number of aryl methyl sites for hydroxylation is 6. The second-order valence-corrected chi connectivity index (χ2v) is 9.99. The molecule has 4 aromatic carbocycles.